The van der Waals surface area contributed by atoms with Crippen molar-refractivity contribution in [3.05, 3.63) is 5.82 Å². The Morgan fingerprint density at radius 2 is 2.06 bits per heavy atom. The van der Waals surface area contributed by atoms with Crippen molar-refractivity contribution in [2.75, 3.05) is 18.6 Å². The largest absolute Gasteiger partial charge is 0.307 e. The molecule has 0 radical (unpaired) electrons. The molecule has 18 heavy (non-hydrogen) atoms. The quantitative estimate of drug-likeness (QED) is 0.786. The standard InChI is InChI=1S/C12H25N5S/c1-6-11(8-18-5)17-12(14-15-16-17)10(4)13-7-9(2)3/h9-11,13H,6-8H2,1-5H3. The highest BCUT2D eigenvalue weighted by Crippen LogP contribution is 2.19. The molecule has 1 aromatic rings. The third kappa shape index (κ3) is 4.24. The van der Waals surface area contributed by atoms with Gasteiger partial charge in [0.15, 0.2) is 5.82 Å². The topological polar surface area (TPSA) is 55.6 Å². The maximum Gasteiger partial charge on any atom is 0.168 e. The van der Waals surface area contributed by atoms with E-state index in [1.807, 2.05) is 16.4 Å². The summed E-state index contributed by atoms with van der Waals surface area (Å²) in [5.74, 6) is 2.62. The molecule has 2 unspecified atom stereocenters. The lowest BCUT2D eigenvalue weighted by Crippen LogP contribution is -2.27. The fraction of sp³-hybridized carbons (Fsp3) is 0.917. The molecule has 0 saturated carbocycles. The molecule has 5 nitrogen and oxygen atoms in total. The number of nitrogens with zero attached hydrogens (tertiary/aromatic N) is 4. The maximum absolute atomic E-state index is 4.18. The molecule has 0 spiro atoms. The first-order valence-electron chi connectivity index (χ1n) is 6.60. The summed E-state index contributed by atoms with van der Waals surface area (Å²) in [6.45, 7) is 9.68. The van der Waals surface area contributed by atoms with Gasteiger partial charge >= 0.3 is 0 Å². The van der Waals surface area contributed by atoms with Crippen LogP contribution in [-0.4, -0.2) is 38.8 Å². The molecule has 2 atom stereocenters. The second kappa shape index (κ2) is 7.74. The van der Waals surface area contributed by atoms with E-state index in [0.29, 0.717) is 12.0 Å². The molecule has 1 heterocycles. The van der Waals surface area contributed by atoms with E-state index in [2.05, 4.69) is 54.8 Å². The molecule has 0 fully saturated rings. The Morgan fingerprint density at radius 1 is 1.33 bits per heavy atom. The van der Waals surface area contributed by atoms with Crippen molar-refractivity contribution in [3.63, 3.8) is 0 Å². The van der Waals surface area contributed by atoms with Gasteiger partial charge in [0.05, 0.1) is 12.1 Å². The van der Waals surface area contributed by atoms with Gasteiger partial charge in [-0.1, -0.05) is 20.8 Å². The summed E-state index contributed by atoms with van der Waals surface area (Å²) >= 11 is 1.83. The number of hydrogen-bond acceptors (Lipinski definition) is 5. The van der Waals surface area contributed by atoms with Crippen LogP contribution in [0.5, 0.6) is 0 Å². The van der Waals surface area contributed by atoms with Gasteiger partial charge in [-0.3, -0.25) is 0 Å². The van der Waals surface area contributed by atoms with Gasteiger partial charge in [-0.25, -0.2) is 4.68 Å². The van der Waals surface area contributed by atoms with Crippen LogP contribution in [0, 0.1) is 5.92 Å². The molecule has 1 N–H and O–H groups in total. The second-order valence-electron chi connectivity index (χ2n) is 5.02. The van der Waals surface area contributed by atoms with E-state index in [1.165, 1.54) is 0 Å². The fourth-order valence-corrected chi connectivity index (χ4v) is 2.56. The molecule has 6 heteroatoms. The van der Waals surface area contributed by atoms with Crippen LogP contribution in [0.4, 0.5) is 0 Å². The number of tetrazole rings is 1. The Hall–Kier alpha value is -0.620. The average Bonchev–Trinajstić information content (AvgIpc) is 2.81. The van der Waals surface area contributed by atoms with Crippen LogP contribution in [-0.2, 0) is 0 Å². The van der Waals surface area contributed by atoms with Crippen molar-refractivity contribution >= 4 is 11.8 Å². The Labute approximate surface area is 114 Å². The van der Waals surface area contributed by atoms with Gasteiger partial charge in [-0.15, -0.1) is 5.10 Å². The minimum Gasteiger partial charge on any atom is -0.307 e. The third-order valence-electron chi connectivity index (χ3n) is 2.91. The first-order chi connectivity index (χ1) is 8.60. The summed E-state index contributed by atoms with van der Waals surface area (Å²) in [6.07, 6.45) is 3.17. The summed E-state index contributed by atoms with van der Waals surface area (Å²) in [5, 5.41) is 15.6. The predicted molar refractivity (Wildman–Crippen MR) is 76.8 cm³/mol. The van der Waals surface area contributed by atoms with Crippen molar-refractivity contribution in [2.45, 2.75) is 46.2 Å². The van der Waals surface area contributed by atoms with Crippen LogP contribution in [0.15, 0.2) is 0 Å². The van der Waals surface area contributed by atoms with Crippen molar-refractivity contribution in [1.82, 2.24) is 25.5 Å². The lowest BCUT2D eigenvalue weighted by molar-refractivity contribution is 0.412. The van der Waals surface area contributed by atoms with Gasteiger partial charge in [0, 0.05) is 5.75 Å². The molecule has 0 bridgehead atoms. The van der Waals surface area contributed by atoms with Crippen molar-refractivity contribution in [1.29, 1.82) is 0 Å². The van der Waals surface area contributed by atoms with Crippen molar-refractivity contribution in [2.24, 2.45) is 5.92 Å². The molecule has 1 aromatic heterocycles. The average molecular weight is 271 g/mol. The Balaban J connectivity index is 2.73. The fourth-order valence-electron chi connectivity index (χ4n) is 1.80. The zero-order valence-corrected chi connectivity index (χ0v) is 12.9. The highest BCUT2D eigenvalue weighted by atomic mass is 32.2. The Kier molecular flexibility index (Phi) is 6.63. The highest BCUT2D eigenvalue weighted by Gasteiger charge is 2.19. The Bertz CT molecular complexity index is 339. The van der Waals surface area contributed by atoms with E-state index in [-0.39, 0.29) is 6.04 Å². The van der Waals surface area contributed by atoms with Crippen LogP contribution in [0.25, 0.3) is 0 Å². The second-order valence-corrected chi connectivity index (χ2v) is 5.93. The lowest BCUT2D eigenvalue weighted by Gasteiger charge is -2.19. The first kappa shape index (κ1) is 15.4. The smallest absolute Gasteiger partial charge is 0.168 e. The molecule has 104 valence electrons. The molecule has 0 saturated heterocycles. The molecule has 0 aliphatic heterocycles. The van der Waals surface area contributed by atoms with E-state index < -0.39 is 0 Å². The van der Waals surface area contributed by atoms with Crippen LogP contribution in [0.1, 0.15) is 52.0 Å². The Morgan fingerprint density at radius 3 is 2.61 bits per heavy atom. The minimum atomic E-state index is 0.193. The van der Waals surface area contributed by atoms with Crippen molar-refractivity contribution in [3.8, 4) is 0 Å². The maximum atomic E-state index is 4.18. The van der Waals surface area contributed by atoms with Crippen LogP contribution >= 0.6 is 11.8 Å². The van der Waals surface area contributed by atoms with Crippen molar-refractivity contribution < 1.29 is 0 Å². The van der Waals surface area contributed by atoms with Crippen LogP contribution in [0.2, 0.25) is 0 Å². The summed E-state index contributed by atoms with van der Waals surface area (Å²) in [5.41, 5.74) is 0. The van der Waals surface area contributed by atoms with Gasteiger partial charge in [0.25, 0.3) is 0 Å². The third-order valence-corrected chi connectivity index (χ3v) is 3.63. The number of thioether (sulfide) groups is 1. The van der Waals surface area contributed by atoms with Gasteiger partial charge < -0.3 is 5.32 Å². The molecular formula is C12H25N5S. The number of nitrogens with one attached hydrogen (secondary N) is 1. The summed E-state index contributed by atoms with van der Waals surface area (Å²) in [7, 11) is 0. The van der Waals surface area contributed by atoms with E-state index in [4.69, 9.17) is 0 Å². The monoisotopic (exact) mass is 271 g/mol. The summed E-state index contributed by atoms with van der Waals surface area (Å²) < 4.78 is 1.98. The molecule has 0 amide bonds. The van der Waals surface area contributed by atoms with Gasteiger partial charge in [-0.05, 0) is 42.5 Å². The lowest BCUT2D eigenvalue weighted by atomic mass is 10.2. The number of aromatic nitrogens is 4. The number of rotatable bonds is 8. The number of hydrogen-bond donors (Lipinski definition) is 1. The zero-order chi connectivity index (χ0) is 13.5. The van der Waals surface area contributed by atoms with E-state index in [9.17, 15) is 0 Å². The normalized spacial score (nSPS) is 15.0. The van der Waals surface area contributed by atoms with Gasteiger partial charge in [-0.2, -0.15) is 11.8 Å². The van der Waals surface area contributed by atoms with E-state index in [0.717, 1.165) is 24.5 Å². The van der Waals surface area contributed by atoms with E-state index in [1.54, 1.807) is 0 Å². The SMILES string of the molecule is CCC(CSC)n1nnnc1C(C)NCC(C)C. The summed E-state index contributed by atoms with van der Waals surface area (Å²) in [6, 6.07) is 0.576. The highest BCUT2D eigenvalue weighted by molar-refractivity contribution is 7.98. The zero-order valence-electron chi connectivity index (χ0n) is 12.1. The molecule has 0 aromatic carbocycles. The van der Waals surface area contributed by atoms with Crippen LogP contribution < -0.4 is 5.32 Å². The molecule has 0 aliphatic rings. The molecule has 0 aliphatic carbocycles. The first-order valence-corrected chi connectivity index (χ1v) is 7.99. The molecule has 1 rings (SSSR count). The van der Waals surface area contributed by atoms with E-state index >= 15 is 0 Å². The van der Waals surface area contributed by atoms with Gasteiger partial charge in [0.2, 0.25) is 0 Å². The summed E-state index contributed by atoms with van der Waals surface area (Å²) in [4.78, 5) is 0. The molecular weight excluding hydrogens is 246 g/mol. The van der Waals surface area contributed by atoms with Gasteiger partial charge in [0.1, 0.15) is 0 Å². The minimum absolute atomic E-state index is 0.193. The van der Waals surface area contributed by atoms with Crippen LogP contribution in [0.3, 0.4) is 0 Å². The predicted octanol–water partition coefficient (Wildman–Crippen LogP) is 2.29.